The highest BCUT2D eigenvalue weighted by Gasteiger charge is 2.33. The van der Waals surface area contributed by atoms with Gasteiger partial charge in [-0.05, 0) is 52.0 Å². The number of fused-ring (bicyclic) bond motifs is 3. The van der Waals surface area contributed by atoms with Crippen molar-refractivity contribution in [3.05, 3.63) is 42.0 Å². The largest absolute Gasteiger partial charge is 0.489 e. The van der Waals surface area contributed by atoms with Crippen LogP contribution in [-0.2, 0) is 16.1 Å². The monoisotopic (exact) mass is 441 g/mol. The summed E-state index contributed by atoms with van der Waals surface area (Å²) in [7, 11) is 0. The molecule has 32 heavy (non-hydrogen) atoms. The molecule has 1 saturated heterocycles. The van der Waals surface area contributed by atoms with E-state index >= 15 is 0 Å². The lowest BCUT2D eigenvalue weighted by Gasteiger charge is -2.39. The molecule has 2 aliphatic rings. The number of piperidine rings is 1. The quantitative estimate of drug-likeness (QED) is 0.656. The molecule has 0 spiro atoms. The van der Waals surface area contributed by atoms with Gasteiger partial charge in [-0.2, -0.15) is 0 Å². The van der Waals surface area contributed by atoms with Gasteiger partial charge in [0.2, 0.25) is 11.8 Å². The van der Waals surface area contributed by atoms with Crippen LogP contribution in [0.3, 0.4) is 0 Å². The van der Waals surface area contributed by atoms with Gasteiger partial charge in [-0.1, -0.05) is 30.4 Å². The standard InChI is InChI=1S/C26H39N3O3/c1-5-27(6-2)25(30)16-21-13-14-28-17-22(21)11-9-15-32-24-12-8-7-10-23(24)18-29(20(3)4)19-26(28)31/h7-12,20-22H,5-6,13-19H2,1-4H3/t21-,22-/m0/s1. The molecule has 2 heterocycles. The second kappa shape index (κ2) is 11.5. The maximum atomic E-state index is 13.2. The van der Waals surface area contributed by atoms with Gasteiger partial charge in [0.05, 0.1) is 6.54 Å². The van der Waals surface area contributed by atoms with Gasteiger partial charge in [0.25, 0.3) is 0 Å². The number of hydrogen-bond acceptors (Lipinski definition) is 4. The van der Waals surface area contributed by atoms with E-state index in [1.54, 1.807) is 0 Å². The summed E-state index contributed by atoms with van der Waals surface area (Å²) in [4.78, 5) is 32.1. The first-order valence-electron chi connectivity index (χ1n) is 12.1. The lowest BCUT2D eigenvalue weighted by molar-refractivity contribution is -0.136. The van der Waals surface area contributed by atoms with Gasteiger partial charge in [0, 0.05) is 50.7 Å². The van der Waals surface area contributed by atoms with Gasteiger partial charge in [-0.25, -0.2) is 0 Å². The Balaban J connectivity index is 1.82. The molecular formula is C26H39N3O3. The number of hydrogen-bond donors (Lipinski definition) is 0. The zero-order chi connectivity index (χ0) is 23.1. The highest BCUT2D eigenvalue weighted by atomic mass is 16.5. The maximum absolute atomic E-state index is 13.2. The van der Waals surface area contributed by atoms with Crippen LogP contribution in [0.15, 0.2) is 36.4 Å². The Morgan fingerprint density at radius 3 is 2.66 bits per heavy atom. The van der Waals surface area contributed by atoms with E-state index in [1.165, 1.54) is 0 Å². The van der Waals surface area contributed by atoms with Crippen LogP contribution in [0.25, 0.3) is 0 Å². The van der Waals surface area contributed by atoms with E-state index in [4.69, 9.17) is 4.74 Å². The van der Waals surface area contributed by atoms with Crippen molar-refractivity contribution >= 4 is 11.8 Å². The number of para-hydroxylation sites is 1. The lowest BCUT2D eigenvalue weighted by atomic mass is 9.82. The third kappa shape index (κ3) is 6.12. The first-order valence-corrected chi connectivity index (χ1v) is 12.1. The van der Waals surface area contributed by atoms with E-state index in [1.807, 2.05) is 41.8 Å². The molecule has 1 aromatic rings. The Bertz CT molecular complexity index is 803. The number of rotatable bonds is 5. The van der Waals surface area contributed by atoms with Crippen molar-refractivity contribution in [2.24, 2.45) is 11.8 Å². The van der Waals surface area contributed by atoms with Crippen molar-refractivity contribution in [2.75, 3.05) is 39.3 Å². The Kier molecular flexibility index (Phi) is 8.74. The zero-order valence-electron chi connectivity index (χ0n) is 20.1. The molecule has 2 bridgehead atoms. The summed E-state index contributed by atoms with van der Waals surface area (Å²) in [5.41, 5.74) is 1.10. The molecule has 1 aromatic carbocycles. The third-order valence-corrected chi connectivity index (χ3v) is 6.85. The number of amides is 2. The topological polar surface area (TPSA) is 53.1 Å². The highest BCUT2D eigenvalue weighted by Crippen LogP contribution is 2.29. The molecule has 0 aliphatic carbocycles. The SMILES string of the molecule is CCN(CC)C(=O)C[C@@H]1CCN2C[C@@H]1C=CCOc1ccccc1CN(C(C)C)CC2=O. The van der Waals surface area contributed by atoms with Crippen molar-refractivity contribution in [1.82, 2.24) is 14.7 Å². The molecule has 176 valence electrons. The van der Waals surface area contributed by atoms with E-state index in [2.05, 4.69) is 37.0 Å². The summed E-state index contributed by atoms with van der Waals surface area (Å²) in [6, 6.07) is 8.32. The third-order valence-electron chi connectivity index (χ3n) is 6.85. The van der Waals surface area contributed by atoms with Crippen LogP contribution in [0.1, 0.15) is 46.1 Å². The Morgan fingerprint density at radius 2 is 1.94 bits per heavy atom. The zero-order valence-corrected chi connectivity index (χ0v) is 20.1. The summed E-state index contributed by atoms with van der Waals surface area (Å²) in [5, 5.41) is 0. The number of ether oxygens (including phenoxy) is 1. The molecule has 2 atom stereocenters. The van der Waals surface area contributed by atoms with Crippen LogP contribution in [0.2, 0.25) is 0 Å². The van der Waals surface area contributed by atoms with E-state index in [-0.39, 0.29) is 29.7 Å². The fourth-order valence-corrected chi connectivity index (χ4v) is 4.72. The summed E-state index contributed by atoms with van der Waals surface area (Å²) >= 11 is 0. The molecule has 0 saturated carbocycles. The van der Waals surface area contributed by atoms with Crippen molar-refractivity contribution in [3.8, 4) is 5.75 Å². The van der Waals surface area contributed by atoms with Gasteiger partial charge >= 0.3 is 0 Å². The van der Waals surface area contributed by atoms with Crippen molar-refractivity contribution < 1.29 is 14.3 Å². The van der Waals surface area contributed by atoms with E-state index < -0.39 is 0 Å². The van der Waals surface area contributed by atoms with Gasteiger partial charge in [-0.15, -0.1) is 0 Å². The van der Waals surface area contributed by atoms with Crippen LogP contribution < -0.4 is 4.74 Å². The van der Waals surface area contributed by atoms with Gasteiger partial charge in [0.1, 0.15) is 12.4 Å². The number of carbonyl (C=O) groups excluding carboxylic acids is 2. The van der Waals surface area contributed by atoms with E-state index in [0.717, 1.165) is 37.4 Å². The fourth-order valence-electron chi connectivity index (χ4n) is 4.72. The second-order valence-corrected chi connectivity index (χ2v) is 9.17. The maximum Gasteiger partial charge on any atom is 0.236 e. The van der Waals surface area contributed by atoms with Gasteiger partial charge < -0.3 is 14.5 Å². The Labute approximate surface area is 193 Å². The summed E-state index contributed by atoms with van der Waals surface area (Å²) < 4.78 is 6.10. The summed E-state index contributed by atoms with van der Waals surface area (Å²) in [6.07, 6.45) is 5.62. The van der Waals surface area contributed by atoms with Crippen LogP contribution in [0.5, 0.6) is 5.75 Å². The average Bonchev–Trinajstić information content (AvgIpc) is 2.79. The predicted molar refractivity (Wildman–Crippen MR) is 127 cm³/mol. The van der Waals surface area contributed by atoms with Crippen LogP contribution in [0.4, 0.5) is 0 Å². The first kappa shape index (κ1) is 24.3. The minimum atomic E-state index is 0.166. The number of nitrogens with zero attached hydrogens (tertiary/aromatic N) is 3. The molecular weight excluding hydrogens is 402 g/mol. The minimum Gasteiger partial charge on any atom is -0.489 e. The average molecular weight is 442 g/mol. The first-order chi connectivity index (χ1) is 15.4. The predicted octanol–water partition coefficient (Wildman–Crippen LogP) is 3.57. The highest BCUT2D eigenvalue weighted by molar-refractivity contribution is 5.79. The van der Waals surface area contributed by atoms with Crippen LogP contribution in [-0.4, -0.2) is 71.9 Å². The molecule has 0 radical (unpaired) electrons. The van der Waals surface area contributed by atoms with E-state index in [0.29, 0.717) is 32.7 Å². The van der Waals surface area contributed by atoms with E-state index in [9.17, 15) is 9.59 Å². The van der Waals surface area contributed by atoms with Gasteiger partial charge in [-0.3, -0.25) is 14.5 Å². The second-order valence-electron chi connectivity index (χ2n) is 9.17. The molecule has 0 aromatic heterocycles. The molecule has 0 unspecified atom stereocenters. The molecule has 6 heteroatoms. The Hall–Kier alpha value is -2.34. The molecule has 3 rings (SSSR count). The van der Waals surface area contributed by atoms with Crippen LogP contribution >= 0.6 is 0 Å². The molecule has 0 N–H and O–H groups in total. The van der Waals surface area contributed by atoms with Crippen molar-refractivity contribution in [2.45, 2.75) is 53.1 Å². The van der Waals surface area contributed by atoms with Crippen LogP contribution in [0, 0.1) is 11.8 Å². The van der Waals surface area contributed by atoms with Crippen molar-refractivity contribution in [3.63, 3.8) is 0 Å². The Morgan fingerprint density at radius 1 is 1.19 bits per heavy atom. The smallest absolute Gasteiger partial charge is 0.236 e. The summed E-state index contributed by atoms with van der Waals surface area (Å²) in [6.45, 7) is 12.7. The number of benzene rings is 1. The fraction of sp³-hybridized carbons (Fsp3) is 0.615. The van der Waals surface area contributed by atoms with Gasteiger partial charge in [0.15, 0.2) is 0 Å². The minimum absolute atomic E-state index is 0.166. The molecule has 6 nitrogen and oxygen atoms in total. The molecule has 2 amide bonds. The lowest BCUT2D eigenvalue weighted by Crippen LogP contribution is -2.48. The normalized spacial score (nSPS) is 22.4. The molecule has 1 fully saturated rings. The number of carbonyl (C=O) groups is 2. The summed E-state index contributed by atoms with van der Waals surface area (Å²) in [5.74, 6) is 1.67. The van der Waals surface area contributed by atoms with Crippen molar-refractivity contribution in [1.29, 1.82) is 0 Å². The molecule has 2 aliphatic heterocycles.